The molecule has 0 aromatic carbocycles. The van der Waals surface area contributed by atoms with Gasteiger partial charge in [0.1, 0.15) is 13.2 Å². The van der Waals surface area contributed by atoms with Gasteiger partial charge in [-0.25, -0.2) is 0 Å². The number of unbranched alkanes of at least 4 members (excludes halogenated alkanes) is 40. The number of allylic oxidation sites excluding steroid dienone is 6. The number of esters is 3. The van der Waals surface area contributed by atoms with Crippen LogP contribution < -0.4 is 0 Å². The Kier molecular flexibility index (Phi) is 57.2. The minimum absolute atomic E-state index is 0.0738. The lowest BCUT2D eigenvalue weighted by molar-refractivity contribution is -0.167. The normalized spacial score (nSPS) is 12.2. The Morgan fingerprint density at radius 2 is 0.514 bits per heavy atom. The lowest BCUT2D eigenvalue weighted by Gasteiger charge is -2.18. The molecule has 0 radical (unpaired) electrons. The fraction of sp³-hybridized carbons (Fsp3) is 0.859. The van der Waals surface area contributed by atoms with E-state index in [0.717, 1.165) is 77.0 Å². The Bertz CT molecular complexity index is 1170. The van der Waals surface area contributed by atoms with Crippen LogP contribution in [-0.4, -0.2) is 37.2 Å². The van der Waals surface area contributed by atoms with Crippen molar-refractivity contribution in [3.8, 4) is 0 Å². The molecule has 0 bridgehead atoms. The van der Waals surface area contributed by atoms with Crippen LogP contribution in [0, 0.1) is 0 Å². The fourth-order valence-corrected chi connectivity index (χ4v) is 9.18. The quantitative estimate of drug-likeness (QED) is 0.0261. The van der Waals surface area contributed by atoms with E-state index in [-0.39, 0.29) is 31.1 Å². The van der Waals surface area contributed by atoms with Gasteiger partial charge >= 0.3 is 17.9 Å². The van der Waals surface area contributed by atoms with Gasteiger partial charge in [-0.2, -0.15) is 0 Å². The van der Waals surface area contributed by atoms with Crippen LogP contribution >= 0.6 is 0 Å². The Hall–Kier alpha value is -2.37. The number of rotatable bonds is 57. The van der Waals surface area contributed by atoms with Gasteiger partial charge in [0.2, 0.25) is 0 Å². The molecule has 6 heteroatoms. The molecule has 70 heavy (non-hydrogen) atoms. The Morgan fingerprint density at radius 1 is 0.286 bits per heavy atom. The van der Waals surface area contributed by atoms with E-state index in [2.05, 4.69) is 57.2 Å². The van der Waals surface area contributed by atoms with E-state index in [9.17, 15) is 14.4 Å². The third-order valence-corrected chi connectivity index (χ3v) is 13.9. The zero-order chi connectivity index (χ0) is 50.7. The maximum absolute atomic E-state index is 12.9. The van der Waals surface area contributed by atoms with Crippen molar-refractivity contribution in [3.05, 3.63) is 36.5 Å². The van der Waals surface area contributed by atoms with Gasteiger partial charge in [-0.15, -0.1) is 0 Å². The minimum atomic E-state index is -0.776. The molecule has 0 saturated heterocycles. The van der Waals surface area contributed by atoms with Crippen molar-refractivity contribution in [2.24, 2.45) is 0 Å². The van der Waals surface area contributed by atoms with Gasteiger partial charge < -0.3 is 14.2 Å². The molecule has 0 aliphatic carbocycles. The molecule has 1 atom stereocenters. The highest BCUT2D eigenvalue weighted by atomic mass is 16.6. The number of ether oxygens (including phenoxy) is 3. The van der Waals surface area contributed by atoms with Gasteiger partial charge in [-0.05, 0) is 77.0 Å². The second-order valence-corrected chi connectivity index (χ2v) is 21.0. The maximum atomic E-state index is 12.9. The van der Waals surface area contributed by atoms with E-state index in [1.807, 2.05) is 0 Å². The molecular weight excluding hydrogens is 865 g/mol. The first-order valence-corrected chi connectivity index (χ1v) is 31.0. The van der Waals surface area contributed by atoms with Crippen molar-refractivity contribution in [1.29, 1.82) is 0 Å². The third kappa shape index (κ3) is 56.5. The van der Waals surface area contributed by atoms with E-state index >= 15 is 0 Å². The molecule has 0 saturated carbocycles. The molecule has 0 aromatic heterocycles. The molecule has 0 fully saturated rings. The predicted octanol–water partition coefficient (Wildman–Crippen LogP) is 20.8. The number of hydrogen-bond acceptors (Lipinski definition) is 6. The van der Waals surface area contributed by atoms with Crippen LogP contribution in [0.3, 0.4) is 0 Å². The van der Waals surface area contributed by atoms with Gasteiger partial charge in [0.15, 0.2) is 6.10 Å². The van der Waals surface area contributed by atoms with Gasteiger partial charge in [-0.1, -0.05) is 276 Å². The van der Waals surface area contributed by atoms with Gasteiger partial charge in [0.05, 0.1) is 0 Å². The number of carbonyl (C=O) groups excluding carboxylic acids is 3. The molecule has 0 amide bonds. The molecule has 0 aliphatic heterocycles. The molecule has 0 unspecified atom stereocenters. The summed E-state index contributed by atoms with van der Waals surface area (Å²) in [6, 6.07) is 0. The fourth-order valence-electron chi connectivity index (χ4n) is 9.18. The summed E-state index contributed by atoms with van der Waals surface area (Å²) < 4.78 is 16.9. The summed E-state index contributed by atoms with van der Waals surface area (Å²) in [7, 11) is 0. The highest BCUT2D eigenvalue weighted by molar-refractivity contribution is 5.71. The topological polar surface area (TPSA) is 78.9 Å². The predicted molar refractivity (Wildman–Crippen MR) is 302 cm³/mol. The number of hydrogen-bond donors (Lipinski definition) is 0. The summed E-state index contributed by atoms with van der Waals surface area (Å²) in [6.45, 7) is 6.65. The van der Waals surface area contributed by atoms with E-state index < -0.39 is 6.10 Å². The molecule has 0 spiro atoms. The van der Waals surface area contributed by atoms with Crippen molar-refractivity contribution in [1.82, 2.24) is 0 Å². The average Bonchev–Trinajstić information content (AvgIpc) is 3.36. The van der Waals surface area contributed by atoms with Crippen LogP contribution in [0.1, 0.15) is 335 Å². The Morgan fingerprint density at radius 3 is 0.829 bits per heavy atom. The van der Waals surface area contributed by atoms with Crippen LogP contribution in [0.25, 0.3) is 0 Å². The highest BCUT2D eigenvalue weighted by Crippen LogP contribution is 2.17. The summed E-state index contributed by atoms with van der Waals surface area (Å²) in [4.78, 5) is 38.3. The number of carbonyl (C=O) groups is 3. The summed E-state index contributed by atoms with van der Waals surface area (Å²) in [5.41, 5.74) is 0. The zero-order valence-electron chi connectivity index (χ0n) is 47.1. The van der Waals surface area contributed by atoms with Crippen LogP contribution in [0.15, 0.2) is 36.5 Å². The van der Waals surface area contributed by atoms with Gasteiger partial charge in [0.25, 0.3) is 0 Å². The molecule has 0 aliphatic rings. The first kappa shape index (κ1) is 67.6. The molecule has 410 valence electrons. The monoisotopic (exact) mass is 983 g/mol. The SMILES string of the molecule is CCCCC/C=C\C/C=C\CCCCCCCC(=O)OC[C@H](COC(=O)CCCCCCCCCCC/C=C\CCCCCCCC)OC(=O)CCCCCCCCCCCCCCCCCCCC. The molecule has 0 rings (SSSR count). The van der Waals surface area contributed by atoms with Crippen LogP contribution in [0.5, 0.6) is 0 Å². The molecule has 6 nitrogen and oxygen atoms in total. The average molecular weight is 984 g/mol. The summed E-state index contributed by atoms with van der Waals surface area (Å²) >= 11 is 0. The smallest absolute Gasteiger partial charge is 0.306 e. The van der Waals surface area contributed by atoms with Crippen molar-refractivity contribution in [2.45, 2.75) is 341 Å². The standard InChI is InChI=1S/C64H118O6/c1-4-7-10-13-16-19-22-25-28-30-32-34-36-39-42-45-48-51-54-57-63(66)69-60-61(59-68-62(65)56-53-50-47-44-41-38-35-27-24-21-18-15-12-9-6-3)70-64(67)58-55-52-49-46-43-40-37-33-31-29-26-23-20-17-14-11-8-5-2/h18,21,25,27-28,35,61H,4-17,19-20,22-24,26,29-34,36-60H2,1-3H3/b21-18-,28-25-,35-27-/t61-/m1/s1. The van der Waals surface area contributed by atoms with Crippen LogP contribution in [-0.2, 0) is 28.6 Å². The summed E-state index contributed by atoms with van der Waals surface area (Å²) in [5, 5.41) is 0. The second-order valence-electron chi connectivity index (χ2n) is 21.0. The Balaban J connectivity index is 4.34. The molecule has 0 heterocycles. The molecule has 0 N–H and O–H groups in total. The highest BCUT2D eigenvalue weighted by Gasteiger charge is 2.19. The summed E-state index contributed by atoms with van der Waals surface area (Å²) in [5.74, 6) is -0.868. The largest absolute Gasteiger partial charge is 0.462 e. The van der Waals surface area contributed by atoms with Crippen molar-refractivity contribution in [3.63, 3.8) is 0 Å². The third-order valence-electron chi connectivity index (χ3n) is 13.9. The van der Waals surface area contributed by atoms with E-state index in [1.54, 1.807) is 0 Å². The Labute approximate surface area is 435 Å². The van der Waals surface area contributed by atoms with Gasteiger partial charge in [-0.3, -0.25) is 14.4 Å². The van der Waals surface area contributed by atoms with Crippen LogP contribution in [0.4, 0.5) is 0 Å². The van der Waals surface area contributed by atoms with E-state index in [0.29, 0.717) is 19.3 Å². The second kappa shape index (κ2) is 59.2. The van der Waals surface area contributed by atoms with Crippen molar-refractivity contribution in [2.75, 3.05) is 13.2 Å². The zero-order valence-corrected chi connectivity index (χ0v) is 47.1. The van der Waals surface area contributed by atoms with Crippen molar-refractivity contribution >= 4 is 17.9 Å². The minimum Gasteiger partial charge on any atom is -0.462 e. The molecule has 0 aromatic rings. The molecular formula is C64H118O6. The lowest BCUT2D eigenvalue weighted by atomic mass is 10.0. The van der Waals surface area contributed by atoms with Gasteiger partial charge in [0, 0.05) is 19.3 Å². The maximum Gasteiger partial charge on any atom is 0.306 e. The van der Waals surface area contributed by atoms with E-state index in [1.165, 1.54) is 218 Å². The van der Waals surface area contributed by atoms with Crippen LogP contribution in [0.2, 0.25) is 0 Å². The first-order chi connectivity index (χ1) is 34.5. The summed E-state index contributed by atoms with van der Waals surface area (Å²) in [6.07, 6.45) is 71.4. The first-order valence-electron chi connectivity index (χ1n) is 31.0. The lowest BCUT2D eigenvalue weighted by Crippen LogP contribution is -2.30. The van der Waals surface area contributed by atoms with E-state index in [4.69, 9.17) is 14.2 Å². The van der Waals surface area contributed by atoms with Crippen molar-refractivity contribution < 1.29 is 28.6 Å².